The number of guanidine groups is 1. The third-order valence-corrected chi connectivity index (χ3v) is 4.61. The molecule has 1 heterocycles. The average molecular weight is 393 g/mol. The van der Waals surface area contributed by atoms with Crippen LogP contribution in [0.3, 0.4) is 0 Å². The van der Waals surface area contributed by atoms with E-state index in [0.29, 0.717) is 30.2 Å². The maximum absolute atomic E-state index is 11.7. The Morgan fingerprint density at radius 3 is 2.43 bits per heavy atom. The van der Waals surface area contributed by atoms with Crippen LogP contribution in [-0.2, 0) is 11.3 Å². The summed E-state index contributed by atoms with van der Waals surface area (Å²) < 4.78 is 16.2. The van der Waals surface area contributed by atoms with E-state index < -0.39 is 0 Å². The number of aliphatic imine (C=N–C) groups is 1. The van der Waals surface area contributed by atoms with Crippen LogP contribution < -0.4 is 24.8 Å². The second-order valence-corrected chi connectivity index (χ2v) is 6.48. The number of rotatable bonds is 10. The highest BCUT2D eigenvalue weighted by molar-refractivity contribution is 5.80. The van der Waals surface area contributed by atoms with E-state index in [1.165, 1.54) is 0 Å². The van der Waals surface area contributed by atoms with E-state index in [4.69, 9.17) is 14.2 Å². The third kappa shape index (κ3) is 5.94. The molecule has 2 rings (SSSR count). The molecular weight excluding hydrogens is 360 g/mol. The minimum absolute atomic E-state index is 0.265. The minimum Gasteiger partial charge on any atom is -0.496 e. The van der Waals surface area contributed by atoms with Crippen LogP contribution in [-0.4, -0.2) is 64.3 Å². The Kier molecular flexibility index (Phi) is 8.71. The van der Waals surface area contributed by atoms with Crippen molar-refractivity contribution in [2.24, 2.45) is 4.99 Å². The molecule has 0 aromatic heterocycles. The van der Waals surface area contributed by atoms with Gasteiger partial charge in [-0.3, -0.25) is 4.79 Å². The normalized spacial score (nSPS) is 14.2. The average Bonchev–Trinajstić information content (AvgIpc) is 3.13. The zero-order chi connectivity index (χ0) is 20.4. The van der Waals surface area contributed by atoms with E-state index in [0.717, 1.165) is 50.5 Å². The molecule has 1 aromatic carbocycles. The number of methoxy groups -OCH3 is 3. The fourth-order valence-electron chi connectivity index (χ4n) is 3.14. The molecule has 0 radical (unpaired) electrons. The zero-order valence-corrected chi connectivity index (χ0v) is 17.3. The molecule has 8 heteroatoms. The molecule has 1 saturated heterocycles. The van der Waals surface area contributed by atoms with Gasteiger partial charge in [0.2, 0.25) is 5.91 Å². The van der Waals surface area contributed by atoms with Gasteiger partial charge in [0.15, 0.2) is 17.5 Å². The number of nitrogens with one attached hydrogen (secondary N) is 2. The van der Waals surface area contributed by atoms with E-state index in [2.05, 4.69) is 15.6 Å². The van der Waals surface area contributed by atoms with Gasteiger partial charge in [-0.2, -0.15) is 0 Å². The van der Waals surface area contributed by atoms with Gasteiger partial charge in [0.1, 0.15) is 5.75 Å². The van der Waals surface area contributed by atoms with Gasteiger partial charge in [0.25, 0.3) is 0 Å². The van der Waals surface area contributed by atoms with Crippen molar-refractivity contribution in [3.05, 3.63) is 17.7 Å². The van der Waals surface area contributed by atoms with Gasteiger partial charge in [0.05, 0.1) is 27.9 Å². The number of carbonyl (C=O) groups is 1. The molecule has 0 saturated carbocycles. The lowest BCUT2D eigenvalue weighted by Crippen LogP contribution is -2.39. The maximum atomic E-state index is 11.7. The Morgan fingerprint density at radius 2 is 1.82 bits per heavy atom. The highest BCUT2D eigenvalue weighted by Crippen LogP contribution is 2.34. The number of nitrogens with zero attached hydrogens (tertiary/aromatic N) is 2. The molecule has 1 aliphatic rings. The van der Waals surface area contributed by atoms with E-state index in [9.17, 15) is 4.79 Å². The van der Waals surface area contributed by atoms with E-state index >= 15 is 0 Å². The molecule has 2 N–H and O–H groups in total. The lowest BCUT2D eigenvalue weighted by atomic mass is 10.1. The van der Waals surface area contributed by atoms with Crippen LogP contribution in [0.4, 0.5) is 0 Å². The van der Waals surface area contributed by atoms with Gasteiger partial charge in [-0.25, -0.2) is 4.99 Å². The summed E-state index contributed by atoms with van der Waals surface area (Å²) in [6.07, 6.45) is 2.55. The van der Waals surface area contributed by atoms with Crippen molar-refractivity contribution in [3.63, 3.8) is 0 Å². The Morgan fingerprint density at radius 1 is 1.11 bits per heavy atom. The maximum Gasteiger partial charge on any atom is 0.222 e. The van der Waals surface area contributed by atoms with Crippen LogP contribution >= 0.6 is 0 Å². The van der Waals surface area contributed by atoms with Crippen molar-refractivity contribution in [2.45, 2.75) is 32.7 Å². The summed E-state index contributed by atoms with van der Waals surface area (Å²) in [6.45, 7) is 5.64. The molecule has 1 fully saturated rings. The molecule has 0 spiro atoms. The zero-order valence-electron chi connectivity index (χ0n) is 17.3. The van der Waals surface area contributed by atoms with Crippen molar-refractivity contribution in [3.8, 4) is 17.2 Å². The summed E-state index contributed by atoms with van der Waals surface area (Å²) >= 11 is 0. The second kappa shape index (κ2) is 11.3. The molecule has 0 bridgehead atoms. The van der Waals surface area contributed by atoms with Gasteiger partial charge in [-0.05, 0) is 25.8 Å². The molecule has 1 aromatic rings. The van der Waals surface area contributed by atoms with Crippen LogP contribution in [0.2, 0.25) is 0 Å². The fourth-order valence-corrected chi connectivity index (χ4v) is 3.14. The lowest BCUT2D eigenvalue weighted by Gasteiger charge is -2.17. The van der Waals surface area contributed by atoms with Crippen molar-refractivity contribution in [1.82, 2.24) is 15.5 Å². The number of likely N-dealkylation sites (tertiary alicyclic amines) is 1. The Balaban J connectivity index is 1.96. The molecule has 28 heavy (non-hydrogen) atoms. The summed E-state index contributed by atoms with van der Waals surface area (Å²) in [6, 6.07) is 3.68. The summed E-state index contributed by atoms with van der Waals surface area (Å²) in [7, 11) is 4.82. The van der Waals surface area contributed by atoms with E-state index in [1.807, 2.05) is 17.9 Å². The van der Waals surface area contributed by atoms with Crippen LogP contribution in [0.1, 0.15) is 31.7 Å². The highest BCUT2D eigenvalue weighted by atomic mass is 16.5. The SMILES string of the molecule is CCNC(=NCc1cc(OC)c(OC)cc1OC)NCCCN1CCCC1=O. The second-order valence-electron chi connectivity index (χ2n) is 6.48. The predicted octanol–water partition coefficient (Wildman–Crippen LogP) is 1.78. The molecule has 1 aliphatic heterocycles. The smallest absolute Gasteiger partial charge is 0.222 e. The standard InChI is InChI=1S/C20H32N4O4/c1-5-21-20(22-9-7-11-24-10-6-8-19(24)25)23-14-15-12-17(27-3)18(28-4)13-16(15)26-2/h12-13H,5-11,14H2,1-4H3,(H2,21,22,23). The van der Waals surface area contributed by atoms with E-state index in [1.54, 1.807) is 27.4 Å². The minimum atomic E-state index is 0.265. The van der Waals surface area contributed by atoms with Gasteiger partial charge in [0, 0.05) is 44.2 Å². The third-order valence-electron chi connectivity index (χ3n) is 4.61. The number of carbonyl (C=O) groups excluding carboxylic acids is 1. The van der Waals surface area contributed by atoms with Crippen LogP contribution in [0, 0.1) is 0 Å². The summed E-state index contributed by atoms with van der Waals surface area (Å²) in [5, 5.41) is 6.56. The van der Waals surface area contributed by atoms with Crippen molar-refractivity contribution >= 4 is 11.9 Å². The summed E-state index contributed by atoms with van der Waals surface area (Å²) in [4.78, 5) is 18.2. The quantitative estimate of drug-likeness (QED) is 0.359. The molecule has 156 valence electrons. The Labute approximate surface area is 167 Å². The van der Waals surface area contributed by atoms with Crippen LogP contribution in [0.15, 0.2) is 17.1 Å². The largest absolute Gasteiger partial charge is 0.496 e. The predicted molar refractivity (Wildman–Crippen MR) is 109 cm³/mol. The first-order valence-electron chi connectivity index (χ1n) is 9.71. The van der Waals surface area contributed by atoms with Crippen LogP contribution in [0.5, 0.6) is 17.2 Å². The monoisotopic (exact) mass is 392 g/mol. The van der Waals surface area contributed by atoms with Crippen molar-refractivity contribution in [1.29, 1.82) is 0 Å². The summed E-state index contributed by atoms with van der Waals surface area (Å²) in [5.74, 6) is 2.95. The van der Waals surface area contributed by atoms with Gasteiger partial charge in [-0.1, -0.05) is 0 Å². The number of amides is 1. The van der Waals surface area contributed by atoms with Gasteiger partial charge in [-0.15, -0.1) is 0 Å². The van der Waals surface area contributed by atoms with Crippen LogP contribution in [0.25, 0.3) is 0 Å². The number of hydrogen-bond donors (Lipinski definition) is 2. The highest BCUT2D eigenvalue weighted by Gasteiger charge is 2.19. The Hall–Kier alpha value is -2.64. The number of ether oxygens (including phenoxy) is 3. The first-order chi connectivity index (χ1) is 13.6. The van der Waals surface area contributed by atoms with Gasteiger partial charge < -0.3 is 29.7 Å². The molecule has 0 aliphatic carbocycles. The molecular formula is C20H32N4O4. The van der Waals surface area contributed by atoms with Crippen molar-refractivity contribution < 1.29 is 19.0 Å². The Bertz CT molecular complexity index is 678. The first-order valence-corrected chi connectivity index (χ1v) is 9.71. The molecule has 8 nitrogen and oxygen atoms in total. The van der Waals surface area contributed by atoms with Gasteiger partial charge >= 0.3 is 0 Å². The molecule has 1 amide bonds. The lowest BCUT2D eigenvalue weighted by molar-refractivity contribution is -0.127. The number of hydrogen-bond acceptors (Lipinski definition) is 5. The van der Waals surface area contributed by atoms with E-state index in [-0.39, 0.29) is 5.91 Å². The fraction of sp³-hybridized carbons (Fsp3) is 0.600. The van der Waals surface area contributed by atoms with Crippen molar-refractivity contribution in [2.75, 3.05) is 47.5 Å². The topological polar surface area (TPSA) is 84.4 Å². The first kappa shape index (κ1) is 21.7. The molecule has 0 atom stereocenters. The molecule has 0 unspecified atom stereocenters. The summed E-state index contributed by atoms with van der Waals surface area (Å²) in [5.41, 5.74) is 0.903. The number of benzene rings is 1.